The van der Waals surface area contributed by atoms with Gasteiger partial charge in [-0.25, -0.2) is 20.0 Å². The topological polar surface area (TPSA) is 80.3 Å². The summed E-state index contributed by atoms with van der Waals surface area (Å²) in [4.78, 5) is 28.0. The summed E-state index contributed by atoms with van der Waals surface area (Å²) in [5.41, 5.74) is 5.28. The number of amides is 2. The van der Waals surface area contributed by atoms with Gasteiger partial charge in [0.25, 0.3) is 0 Å². The quantitative estimate of drug-likeness (QED) is 0.463. The van der Waals surface area contributed by atoms with Crippen LogP contribution in [0.25, 0.3) is 0 Å². The minimum atomic E-state index is -0.718. The number of carbonyl (C=O) groups is 2. The second-order valence-electron chi connectivity index (χ2n) is 8.50. The predicted molar refractivity (Wildman–Crippen MR) is 136 cm³/mol. The van der Waals surface area contributed by atoms with Gasteiger partial charge in [-0.2, -0.15) is 0 Å². The van der Waals surface area contributed by atoms with Crippen LogP contribution in [0.3, 0.4) is 0 Å². The lowest BCUT2D eigenvalue weighted by Gasteiger charge is -2.39. The minimum absolute atomic E-state index is 0.0948. The standard InChI is InChI=1S/C28H31N3O5/c1-34-26-17-9-8-16-25(26)30-18-10-15-24(19-30)31(28(33)36-21-23-13-6-3-7-14-23)29-27(32)35-20-22-11-4-2-5-12-22/h2-9,11-14,16-17,24H,10,15,18-21H2,1H3,(H,29,32). The van der Waals surface area contributed by atoms with Crippen LogP contribution in [0.4, 0.5) is 15.3 Å². The number of hydrazine groups is 1. The maximum Gasteiger partial charge on any atom is 0.429 e. The van der Waals surface area contributed by atoms with Crippen molar-refractivity contribution in [1.82, 2.24) is 10.4 Å². The van der Waals surface area contributed by atoms with Crippen molar-refractivity contribution in [2.75, 3.05) is 25.1 Å². The first-order valence-corrected chi connectivity index (χ1v) is 12.0. The van der Waals surface area contributed by atoms with E-state index >= 15 is 0 Å². The zero-order valence-electron chi connectivity index (χ0n) is 20.3. The number of hydrogen-bond donors (Lipinski definition) is 1. The van der Waals surface area contributed by atoms with Gasteiger partial charge in [-0.05, 0) is 36.1 Å². The molecule has 0 aliphatic carbocycles. The van der Waals surface area contributed by atoms with Crippen molar-refractivity contribution in [2.24, 2.45) is 0 Å². The zero-order chi connectivity index (χ0) is 25.2. The maximum absolute atomic E-state index is 13.2. The highest BCUT2D eigenvalue weighted by atomic mass is 16.6. The van der Waals surface area contributed by atoms with Crippen LogP contribution in [0.5, 0.6) is 5.75 Å². The number of hydrogen-bond acceptors (Lipinski definition) is 6. The smallest absolute Gasteiger partial charge is 0.429 e. The van der Waals surface area contributed by atoms with E-state index in [4.69, 9.17) is 14.2 Å². The SMILES string of the molecule is COc1ccccc1N1CCCC(N(NC(=O)OCc2ccccc2)C(=O)OCc2ccccc2)C1. The molecule has 1 atom stereocenters. The van der Waals surface area contributed by atoms with E-state index in [0.29, 0.717) is 13.0 Å². The molecule has 1 N–H and O–H groups in total. The average Bonchev–Trinajstić information content (AvgIpc) is 2.94. The molecule has 2 amide bonds. The zero-order valence-corrected chi connectivity index (χ0v) is 20.3. The van der Waals surface area contributed by atoms with Crippen molar-refractivity contribution in [2.45, 2.75) is 32.1 Å². The van der Waals surface area contributed by atoms with E-state index < -0.39 is 12.2 Å². The number of methoxy groups -OCH3 is 1. The fourth-order valence-corrected chi connectivity index (χ4v) is 4.20. The van der Waals surface area contributed by atoms with Crippen LogP contribution in [0.1, 0.15) is 24.0 Å². The van der Waals surface area contributed by atoms with E-state index in [1.807, 2.05) is 84.9 Å². The molecule has 1 fully saturated rings. The Bertz CT molecular complexity index is 1130. The highest BCUT2D eigenvalue weighted by molar-refractivity contribution is 5.74. The minimum Gasteiger partial charge on any atom is -0.495 e. The monoisotopic (exact) mass is 489 g/mol. The Morgan fingerprint density at radius 1 is 0.889 bits per heavy atom. The van der Waals surface area contributed by atoms with Crippen LogP contribution < -0.4 is 15.1 Å². The van der Waals surface area contributed by atoms with Gasteiger partial charge in [-0.1, -0.05) is 72.8 Å². The van der Waals surface area contributed by atoms with Crippen LogP contribution >= 0.6 is 0 Å². The first-order valence-electron chi connectivity index (χ1n) is 12.0. The molecule has 3 aromatic rings. The molecule has 1 saturated heterocycles. The van der Waals surface area contributed by atoms with E-state index in [0.717, 1.165) is 35.5 Å². The van der Waals surface area contributed by atoms with Gasteiger partial charge >= 0.3 is 12.2 Å². The molecular formula is C28H31N3O5. The lowest BCUT2D eigenvalue weighted by molar-refractivity contribution is 0.0431. The van der Waals surface area contributed by atoms with E-state index in [1.54, 1.807) is 7.11 Å². The van der Waals surface area contributed by atoms with Crippen molar-refractivity contribution in [3.05, 3.63) is 96.1 Å². The Morgan fingerprint density at radius 2 is 1.50 bits per heavy atom. The first-order chi connectivity index (χ1) is 17.6. The molecule has 4 rings (SSSR count). The van der Waals surface area contributed by atoms with E-state index in [1.165, 1.54) is 5.01 Å². The van der Waals surface area contributed by atoms with Gasteiger partial charge in [-0.15, -0.1) is 0 Å². The third-order valence-electron chi connectivity index (χ3n) is 6.01. The average molecular weight is 490 g/mol. The molecule has 1 heterocycles. The van der Waals surface area contributed by atoms with Crippen LogP contribution in [0.15, 0.2) is 84.9 Å². The van der Waals surface area contributed by atoms with E-state index in [2.05, 4.69) is 10.3 Å². The molecule has 0 spiro atoms. The third kappa shape index (κ3) is 6.69. The molecule has 1 aliphatic rings. The van der Waals surface area contributed by atoms with Gasteiger partial charge in [-0.3, -0.25) is 0 Å². The lowest BCUT2D eigenvalue weighted by Crippen LogP contribution is -2.57. The van der Waals surface area contributed by atoms with Crippen molar-refractivity contribution in [3.63, 3.8) is 0 Å². The van der Waals surface area contributed by atoms with Gasteiger partial charge in [0, 0.05) is 13.1 Å². The largest absolute Gasteiger partial charge is 0.495 e. The van der Waals surface area contributed by atoms with Gasteiger partial charge in [0.1, 0.15) is 19.0 Å². The molecule has 0 radical (unpaired) electrons. The number of piperidine rings is 1. The maximum atomic E-state index is 13.2. The molecule has 0 saturated carbocycles. The van der Waals surface area contributed by atoms with E-state index in [-0.39, 0.29) is 19.3 Å². The van der Waals surface area contributed by atoms with Crippen molar-refractivity contribution >= 4 is 17.9 Å². The van der Waals surface area contributed by atoms with Gasteiger partial charge in [0.15, 0.2) is 0 Å². The molecule has 188 valence electrons. The first kappa shape index (κ1) is 24.9. The molecule has 3 aromatic carbocycles. The summed E-state index contributed by atoms with van der Waals surface area (Å²) in [6.07, 6.45) is 0.170. The number of nitrogens with zero attached hydrogens (tertiary/aromatic N) is 2. The van der Waals surface area contributed by atoms with Gasteiger partial charge in [0.2, 0.25) is 0 Å². The van der Waals surface area contributed by atoms with Gasteiger partial charge < -0.3 is 19.1 Å². The van der Waals surface area contributed by atoms with Crippen LogP contribution in [-0.4, -0.2) is 43.4 Å². The molecular weight excluding hydrogens is 458 g/mol. The lowest BCUT2D eigenvalue weighted by atomic mass is 10.0. The Kier molecular flexibility index (Phi) is 8.64. The molecule has 1 aliphatic heterocycles. The number of para-hydroxylation sites is 2. The molecule has 8 heteroatoms. The summed E-state index contributed by atoms with van der Waals surface area (Å²) >= 11 is 0. The summed E-state index contributed by atoms with van der Waals surface area (Å²) < 4.78 is 16.5. The van der Waals surface area contributed by atoms with E-state index in [9.17, 15) is 9.59 Å². The summed E-state index contributed by atoms with van der Waals surface area (Å²) in [5, 5.41) is 1.26. The Balaban J connectivity index is 1.46. The number of rotatable bonds is 7. The number of ether oxygens (including phenoxy) is 3. The normalized spacial score (nSPS) is 15.0. The summed E-state index contributed by atoms with van der Waals surface area (Å²) in [7, 11) is 1.64. The van der Waals surface area contributed by atoms with Crippen LogP contribution in [-0.2, 0) is 22.7 Å². The van der Waals surface area contributed by atoms with Gasteiger partial charge in [0.05, 0.1) is 18.8 Å². The summed E-state index contributed by atoms with van der Waals surface area (Å²) in [6.45, 7) is 1.50. The molecule has 1 unspecified atom stereocenters. The molecule has 0 aromatic heterocycles. The Labute approximate surface area is 211 Å². The number of carbonyl (C=O) groups excluding carboxylic acids is 2. The molecule has 36 heavy (non-hydrogen) atoms. The van der Waals surface area contributed by atoms with Crippen molar-refractivity contribution in [3.8, 4) is 5.75 Å². The highest BCUT2D eigenvalue weighted by Gasteiger charge is 2.32. The molecule has 8 nitrogen and oxygen atoms in total. The summed E-state index contributed by atoms with van der Waals surface area (Å²) in [6, 6.07) is 26.2. The fourth-order valence-electron chi connectivity index (χ4n) is 4.20. The Hall–Kier alpha value is -4.20. The summed E-state index contributed by atoms with van der Waals surface area (Å²) in [5.74, 6) is 0.756. The Morgan fingerprint density at radius 3 is 2.17 bits per heavy atom. The predicted octanol–water partition coefficient (Wildman–Crippen LogP) is 5.14. The number of benzene rings is 3. The van der Waals surface area contributed by atoms with Crippen molar-refractivity contribution in [1.29, 1.82) is 0 Å². The molecule has 0 bridgehead atoms. The second-order valence-corrected chi connectivity index (χ2v) is 8.50. The highest BCUT2D eigenvalue weighted by Crippen LogP contribution is 2.30. The number of nitrogens with one attached hydrogen (secondary N) is 1. The third-order valence-corrected chi connectivity index (χ3v) is 6.01. The number of anilines is 1. The van der Waals surface area contributed by atoms with Crippen molar-refractivity contribution < 1.29 is 23.8 Å². The van der Waals surface area contributed by atoms with Crippen LogP contribution in [0.2, 0.25) is 0 Å². The fraction of sp³-hybridized carbons (Fsp3) is 0.286. The second kappa shape index (κ2) is 12.5. The van der Waals surface area contributed by atoms with Crippen LogP contribution in [0, 0.1) is 0 Å².